The largest absolute Gasteiger partial charge is 0.304 e. The van der Waals surface area contributed by atoms with Crippen LogP contribution in [0.4, 0.5) is 0 Å². The van der Waals surface area contributed by atoms with Gasteiger partial charge in [-0.3, -0.25) is 0 Å². The molecule has 5 heteroatoms. The van der Waals surface area contributed by atoms with E-state index in [1.807, 2.05) is 12.1 Å². The molecule has 0 unspecified atom stereocenters. The monoisotopic (exact) mass is 353 g/mol. The maximum atomic E-state index is 5.83. The van der Waals surface area contributed by atoms with Gasteiger partial charge in [0.15, 0.2) is 0 Å². The summed E-state index contributed by atoms with van der Waals surface area (Å²) >= 11 is 17.5. The summed E-state index contributed by atoms with van der Waals surface area (Å²) in [7, 11) is 0. The van der Waals surface area contributed by atoms with Crippen molar-refractivity contribution in [2.24, 2.45) is 0 Å². The third-order valence-corrected chi connectivity index (χ3v) is 4.02. The fraction of sp³-hybridized carbons (Fsp3) is 0.600. The van der Waals surface area contributed by atoms with E-state index in [2.05, 4.69) is 30.9 Å². The molecule has 1 aromatic rings. The molecule has 0 spiro atoms. The third-order valence-electron chi connectivity index (χ3n) is 3.37. The summed E-state index contributed by atoms with van der Waals surface area (Å²) in [6.07, 6.45) is 3.51. The summed E-state index contributed by atoms with van der Waals surface area (Å²) in [6, 6.07) is 7.89. The molecule has 0 aromatic heterocycles. The molecule has 0 fully saturated rings. The van der Waals surface area contributed by atoms with Gasteiger partial charge in [0.1, 0.15) is 0 Å². The second-order valence-corrected chi connectivity index (χ2v) is 6.96. The molecule has 0 N–H and O–H groups in total. The molecule has 0 aliphatic heterocycles. The highest BCUT2D eigenvalue weighted by Gasteiger charge is 2.21. The normalized spacial score (nSPS) is 11.5. The minimum absolute atomic E-state index is 0. The number of hydrogen-bond acceptors (Lipinski definition) is 1. The second-order valence-electron chi connectivity index (χ2n) is 4.68. The lowest BCUT2D eigenvalue weighted by Crippen LogP contribution is -2.23. The summed E-state index contributed by atoms with van der Waals surface area (Å²) in [6.45, 7) is 7.86. The zero-order valence-corrected chi connectivity index (χ0v) is 13.9. The van der Waals surface area contributed by atoms with Gasteiger partial charge in [-0.05, 0) is 55.4 Å². The fourth-order valence-electron chi connectivity index (χ4n) is 2.06. The van der Waals surface area contributed by atoms with Crippen LogP contribution in [0.25, 0.3) is 0 Å². The molecular formula is C15H26Cl3NSi. The van der Waals surface area contributed by atoms with E-state index in [0.29, 0.717) is 0 Å². The molecule has 0 saturated heterocycles. The minimum Gasteiger partial charge on any atom is -0.304 e. The molecule has 1 nitrogen and oxygen atoms in total. The topological polar surface area (TPSA) is 3.24 Å². The van der Waals surface area contributed by atoms with Crippen molar-refractivity contribution in [3.05, 3.63) is 35.4 Å². The minimum atomic E-state index is -1.32. The number of alkyl halides is 3. The molecule has 1 rings (SSSR count). The molecule has 0 aliphatic carbocycles. The number of aryl methyl sites for hydroxylation is 1. The Morgan fingerprint density at radius 2 is 1.50 bits per heavy atom. The molecule has 0 heterocycles. The lowest BCUT2D eigenvalue weighted by Gasteiger charge is -2.17. The maximum absolute atomic E-state index is 5.83. The third kappa shape index (κ3) is 7.33. The average Bonchev–Trinajstić information content (AvgIpc) is 2.38. The van der Waals surface area contributed by atoms with Gasteiger partial charge in [0.25, 0.3) is 0 Å². The van der Waals surface area contributed by atoms with E-state index >= 15 is 0 Å². The maximum Gasteiger partial charge on any atom is 0.216 e. The van der Waals surface area contributed by atoms with Gasteiger partial charge in [-0.1, -0.05) is 72.9 Å². The summed E-state index contributed by atoms with van der Waals surface area (Å²) in [5, 5.41) is 0. The summed E-state index contributed by atoms with van der Waals surface area (Å²) in [4.78, 5) is 2.45. The van der Waals surface area contributed by atoms with Crippen LogP contribution in [0.5, 0.6) is 0 Å². The molecule has 0 aliphatic rings. The molecule has 0 bridgehead atoms. The van der Waals surface area contributed by atoms with E-state index in [-0.39, 0.29) is 11.0 Å². The van der Waals surface area contributed by atoms with Crippen LogP contribution in [0.2, 0.25) is 0 Å². The molecule has 0 atom stereocenters. The predicted molar refractivity (Wildman–Crippen MR) is 97.7 cm³/mol. The number of hydrogen-bond donors (Lipinski definition) is 0. The Hall–Kier alpha value is 0.267. The second kappa shape index (κ2) is 10.1. The van der Waals surface area contributed by atoms with Gasteiger partial charge in [0.05, 0.1) is 0 Å². The van der Waals surface area contributed by atoms with Gasteiger partial charge in [-0.25, -0.2) is 0 Å². The summed E-state index contributed by atoms with van der Waals surface area (Å²) < 4.78 is -1.32. The summed E-state index contributed by atoms with van der Waals surface area (Å²) in [5.41, 5.74) is 2.03. The zero-order valence-electron chi connectivity index (χ0n) is 11.6. The Morgan fingerprint density at radius 1 is 0.950 bits per heavy atom. The molecule has 116 valence electrons. The van der Waals surface area contributed by atoms with Gasteiger partial charge in [-0.2, -0.15) is 0 Å². The van der Waals surface area contributed by atoms with E-state index in [1.165, 1.54) is 24.9 Å². The number of rotatable bonds is 7. The van der Waals surface area contributed by atoms with Gasteiger partial charge < -0.3 is 4.90 Å². The van der Waals surface area contributed by atoms with Gasteiger partial charge >= 0.3 is 0 Å². The quantitative estimate of drug-likeness (QED) is 0.410. The highest BCUT2D eigenvalue weighted by atomic mass is 35.6. The highest BCUT2D eigenvalue weighted by Crippen LogP contribution is 2.38. The van der Waals surface area contributed by atoms with Crippen molar-refractivity contribution in [3.8, 4) is 0 Å². The van der Waals surface area contributed by atoms with Crippen molar-refractivity contribution in [3.63, 3.8) is 0 Å². The van der Waals surface area contributed by atoms with Crippen LogP contribution in [0, 0.1) is 0 Å². The SMILES string of the molecule is CCN(CC)CCCCc1ccc(C(Cl)(Cl)Cl)cc1.[SiH4]. The van der Waals surface area contributed by atoms with Gasteiger partial charge in [0.2, 0.25) is 3.79 Å². The van der Waals surface area contributed by atoms with Crippen molar-refractivity contribution in [2.75, 3.05) is 19.6 Å². The smallest absolute Gasteiger partial charge is 0.216 e. The first kappa shape index (κ1) is 20.3. The first-order chi connectivity index (χ1) is 8.97. The van der Waals surface area contributed by atoms with E-state index in [1.54, 1.807) is 0 Å². The molecule has 20 heavy (non-hydrogen) atoms. The predicted octanol–water partition coefficient (Wildman–Crippen LogP) is 3.73. The first-order valence-corrected chi connectivity index (χ1v) is 7.99. The van der Waals surface area contributed by atoms with Crippen molar-refractivity contribution in [2.45, 2.75) is 36.9 Å². The Bertz CT molecular complexity index is 358. The van der Waals surface area contributed by atoms with Gasteiger partial charge in [-0.15, -0.1) is 0 Å². The lowest BCUT2D eigenvalue weighted by atomic mass is 10.1. The van der Waals surface area contributed by atoms with E-state index in [0.717, 1.165) is 25.1 Å². The zero-order chi connectivity index (χ0) is 14.3. The molecule has 0 amide bonds. The summed E-state index contributed by atoms with van der Waals surface area (Å²) in [5.74, 6) is 0. The van der Waals surface area contributed by atoms with Crippen LogP contribution in [0.15, 0.2) is 24.3 Å². The first-order valence-electron chi connectivity index (χ1n) is 6.85. The fourth-order valence-corrected chi connectivity index (χ4v) is 2.44. The standard InChI is InChI=1S/C15H22Cl3N.H4Si/c1-3-19(4-2)12-6-5-7-13-8-10-14(11-9-13)15(16,17)18;/h8-11H,3-7,12H2,1-2H3;1H4. The Kier molecular flexibility index (Phi) is 10.2. The van der Waals surface area contributed by atoms with Crippen LogP contribution in [-0.2, 0) is 10.2 Å². The van der Waals surface area contributed by atoms with Crippen molar-refractivity contribution in [1.29, 1.82) is 0 Å². The molecular weight excluding hydrogens is 329 g/mol. The lowest BCUT2D eigenvalue weighted by molar-refractivity contribution is 0.297. The van der Waals surface area contributed by atoms with Crippen LogP contribution in [0.3, 0.4) is 0 Å². The Balaban J connectivity index is 0.00000361. The van der Waals surface area contributed by atoms with E-state index in [4.69, 9.17) is 34.8 Å². The number of nitrogens with zero attached hydrogens (tertiary/aromatic N) is 1. The average molecular weight is 355 g/mol. The van der Waals surface area contributed by atoms with Crippen LogP contribution < -0.4 is 0 Å². The van der Waals surface area contributed by atoms with Crippen molar-refractivity contribution >= 4 is 45.8 Å². The highest BCUT2D eigenvalue weighted by molar-refractivity contribution is 6.66. The number of unbranched alkanes of at least 4 members (excludes halogenated alkanes) is 1. The van der Waals surface area contributed by atoms with Crippen molar-refractivity contribution in [1.82, 2.24) is 4.90 Å². The van der Waals surface area contributed by atoms with E-state index < -0.39 is 3.79 Å². The van der Waals surface area contributed by atoms with E-state index in [9.17, 15) is 0 Å². The van der Waals surface area contributed by atoms with Crippen molar-refractivity contribution < 1.29 is 0 Å². The molecule has 0 radical (unpaired) electrons. The Morgan fingerprint density at radius 3 is 1.95 bits per heavy atom. The van der Waals surface area contributed by atoms with Crippen LogP contribution >= 0.6 is 34.8 Å². The molecule has 1 aromatic carbocycles. The number of benzene rings is 1. The van der Waals surface area contributed by atoms with Crippen LogP contribution in [0.1, 0.15) is 37.8 Å². The Labute approximate surface area is 142 Å². The van der Waals surface area contributed by atoms with Crippen LogP contribution in [-0.4, -0.2) is 35.5 Å². The molecule has 0 saturated carbocycles. The number of halogens is 3. The van der Waals surface area contributed by atoms with Gasteiger partial charge in [0, 0.05) is 5.56 Å².